The fourth-order valence-electron chi connectivity index (χ4n) is 4.03. The molecule has 0 saturated heterocycles. The quantitative estimate of drug-likeness (QED) is 0.305. The molecule has 0 bridgehead atoms. The second-order valence-corrected chi connectivity index (χ2v) is 29.6. The summed E-state index contributed by atoms with van der Waals surface area (Å²) >= 11 is 0. The van der Waals surface area contributed by atoms with Crippen LogP contribution >= 0.6 is 0 Å². The van der Waals surface area contributed by atoms with Gasteiger partial charge in [-0.3, -0.25) is 0 Å². The molecule has 184 valence electrons. The summed E-state index contributed by atoms with van der Waals surface area (Å²) in [6.45, 7) is 27.0. The molecule has 2 rings (SSSR count). The topological polar surface area (TPSA) is 35.5 Å². The van der Waals surface area contributed by atoms with Gasteiger partial charge in [0, 0.05) is 38.1 Å². The van der Waals surface area contributed by atoms with Gasteiger partial charge in [-0.15, -0.1) is 0 Å². The van der Waals surface area contributed by atoms with Crippen LogP contribution in [0.1, 0.15) is 11.4 Å². The number of rotatable bonds is 10. The van der Waals surface area contributed by atoms with Crippen LogP contribution in [0, 0.1) is 13.8 Å². The number of aryl methyl sites for hydroxylation is 2. The molecule has 0 saturated carbocycles. The first-order chi connectivity index (χ1) is 14.9. The Morgan fingerprint density at radius 3 is 1.21 bits per heavy atom. The molecule has 0 radical (unpaired) electrons. The van der Waals surface area contributed by atoms with Gasteiger partial charge in [0.2, 0.25) is 33.3 Å². The van der Waals surface area contributed by atoms with Gasteiger partial charge in [-0.05, 0) is 77.6 Å². The molecule has 0 amide bonds. The molecule has 2 aromatic heterocycles. The van der Waals surface area contributed by atoms with Gasteiger partial charge in [0.25, 0.3) is 0 Å². The van der Waals surface area contributed by atoms with Gasteiger partial charge in [0.15, 0.2) is 23.7 Å². The van der Waals surface area contributed by atoms with Crippen LogP contribution in [0.2, 0.25) is 65.5 Å². The van der Waals surface area contributed by atoms with Crippen molar-refractivity contribution < 1.29 is 22.1 Å². The fourth-order valence-corrected chi connectivity index (χ4v) is 14.5. The minimum atomic E-state index is -2.04. The third-order valence-corrected chi connectivity index (χ3v) is 13.2. The van der Waals surface area contributed by atoms with Crippen LogP contribution in [0.4, 0.5) is 0 Å². The van der Waals surface area contributed by atoms with E-state index in [1.54, 1.807) is 0 Å². The molecule has 0 aromatic carbocycles. The number of nitrogens with zero attached hydrogens (tertiary/aromatic N) is 2. The van der Waals surface area contributed by atoms with E-state index >= 15 is 0 Å². The van der Waals surface area contributed by atoms with E-state index in [4.69, 9.17) is 13.0 Å². The van der Waals surface area contributed by atoms with Crippen LogP contribution < -0.4 is 18.0 Å². The van der Waals surface area contributed by atoms with Crippen molar-refractivity contribution >= 4 is 33.3 Å². The third-order valence-electron chi connectivity index (χ3n) is 4.99. The largest absolute Gasteiger partial charge is 0.500 e. The Hall–Kier alpha value is -1.27. The highest BCUT2D eigenvalue weighted by molar-refractivity contribution is 6.83. The molecule has 0 aliphatic carbocycles. The molecule has 0 aliphatic heterocycles. The van der Waals surface area contributed by atoms with Crippen molar-refractivity contribution in [1.29, 1.82) is 0 Å². The van der Waals surface area contributed by atoms with Gasteiger partial charge in [-0.1, -0.05) is 0 Å². The average molecular weight is 523 g/mol. The molecule has 0 fully saturated rings. The first-order valence-corrected chi connectivity index (χ1v) is 25.0. The van der Waals surface area contributed by atoms with E-state index in [9.17, 15) is 0 Å². The predicted molar refractivity (Wildman–Crippen MR) is 147 cm³/mol. The van der Waals surface area contributed by atoms with Gasteiger partial charge in [0.1, 0.15) is 0 Å². The molecule has 9 heteroatoms. The maximum atomic E-state index is 7.06. The van der Waals surface area contributed by atoms with Crippen molar-refractivity contribution in [3.63, 3.8) is 0 Å². The Morgan fingerprint density at radius 2 is 0.909 bits per heavy atom. The van der Waals surface area contributed by atoms with E-state index in [1.165, 1.54) is 11.4 Å². The maximum Gasteiger partial charge on any atom is 0.354 e. The van der Waals surface area contributed by atoms with E-state index in [1.807, 2.05) is 0 Å². The van der Waals surface area contributed by atoms with Crippen molar-refractivity contribution in [2.75, 3.05) is 0 Å². The minimum Gasteiger partial charge on any atom is -0.500 e. The molecule has 0 atom stereocenters. The zero-order valence-electron chi connectivity index (χ0n) is 23.0. The SMILES string of the molecule is Cc1cccc(O[Si](C)(C)C)[n+]1C[Si](C)(C)O[Si](C)(C)C[n+]1c(C)cccc1O[Si](C)(C)C. The molecule has 2 aromatic rings. The van der Waals surface area contributed by atoms with Crippen LogP contribution in [0.5, 0.6) is 11.8 Å². The molecule has 2 heterocycles. The van der Waals surface area contributed by atoms with Crippen molar-refractivity contribution in [1.82, 2.24) is 0 Å². The monoisotopic (exact) mass is 522 g/mol. The fraction of sp³-hybridized carbons (Fsp3) is 0.583. The molecular weight excluding hydrogens is 477 g/mol. The van der Waals surface area contributed by atoms with Gasteiger partial charge in [-0.25, -0.2) is 0 Å². The Kier molecular flexibility index (Phi) is 8.60. The predicted octanol–water partition coefficient (Wildman–Crippen LogP) is 5.51. The Morgan fingerprint density at radius 1 is 0.576 bits per heavy atom. The van der Waals surface area contributed by atoms with Crippen molar-refractivity contribution in [3.05, 3.63) is 47.8 Å². The summed E-state index contributed by atoms with van der Waals surface area (Å²) in [7, 11) is -7.50. The summed E-state index contributed by atoms with van der Waals surface area (Å²) in [6, 6.07) is 12.7. The molecule has 0 aliphatic rings. The summed E-state index contributed by atoms with van der Waals surface area (Å²) in [5, 5.41) is 0. The van der Waals surface area contributed by atoms with Crippen LogP contribution in [-0.4, -0.2) is 33.3 Å². The molecular formula is C24H46N2O3Si4+2. The highest BCUT2D eigenvalue weighted by Crippen LogP contribution is 2.20. The van der Waals surface area contributed by atoms with Gasteiger partial charge in [-0.2, -0.15) is 9.13 Å². The normalized spacial score (nSPS) is 13.2. The van der Waals surface area contributed by atoms with Crippen molar-refractivity contribution in [2.45, 2.75) is 91.7 Å². The molecule has 33 heavy (non-hydrogen) atoms. The lowest BCUT2D eigenvalue weighted by atomic mass is 10.4. The Labute approximate surface area is 206 Å². The van der Waals surface area contributed by atoms with Crippen LogP contribution in [0.15, 0.2) is 36.4 Å². The summed E-state index contributed by atoms with van der Waals surface area (Å²) in [4.78, 5) is 0. The smallest absolute Gasteiger partial charge is 0.354 e. The van der Waals surface area contributed by atoms with E-state index in [0.717, 1.165) is 24.1 Å². The molecule has 5 nitrogen and oxygen atoms in total. The summed E-state index contributed by atoms with van der Waals surface area (Å²) < 4.78 is 24.6. The lowest BCUT2D eigenvalue weighted by Crippen LogP contribution is -2.60. The maximum absolute atomic E-state index is 7.06. The third kappa shape index (κ3) is 9.12. The molecule has 0 unspecified atom stereocenters. The van der Waals surface area contributed by atoms with Crippen molar-refractivity contribution in [3.8, 4) is 11.8 Å². The van der Waals surface area contributed by atoms with Gasteiger partial charge < -0.3 is 13.0 Å². The molecule has 0 spiro atoms. The number of pyridine rings is 2. The highest BCUT2D eigenvalue weighted by atomic mass is 28.4. The Balaban J connectivity index is 2.28. The minimum absolute atomic E-state index is 0.882. The van der Waals surface area contributed by atoms with E-state index in [2.05, 4.69) is 125 Å². The highest BCUT2D eigenvalue weighted by Gasteiger charge is 2.42. The number of aromatic nitrogens is 2. The second kappa shape index (κ2) is 10.1. The lowest BCUT2D eigenvalue weighted by Gasteiger charge is -2.31. The zero-order chi connectivity index (χ0) is 25.2. The lowest BCUT2D eigenvalue weighted by molar-refractivity contribution is -0.692. The first-order valence-electron chi connectivity index (χ1n) is 11.9. The first kappa shape index (κ1) is 28.0. The van der Waals surface area contributed by atoms with Crippen LogP contribution in [0.3, 0.4) is 0 Å². The van der Waals surface area contributed by atoms with E-state index in [0.29, 0.717) is 0 Å². The van der Waals surface area contributed by atoms with Gasteiger partial charge >= 0.3 is 11.8 Å². The zero-order valence-corrected chi connectivity index (χ0v) is 27.0. The molecule has 0 N–H and O–H groups in total. The summed E-state index contributed by atoms with van der Waals surface area (Å²) in [6.07, 6.45) is 1.76. The van der Waals surface area contributed by atoms with E-state index < -0.39 is 33.3 Å². The van der Waals surface area contributed by atoms with Gasteiger partial charge in [0.05, 0.1) is 0 Å². The summed E-state index contributed by atoms with van der Waals surface area (Å²) in [5.41, 5.74) is 2.43. The standard InChI is InChI=1S/C24H46N2O3Si4/c1-21-15-13-17-23(27-30(3,4)5)25(21)19-32(9,10)29-33(11,12)20-26-22(2)16-14-18-24(26)28-31(6,7)8/h13-18H,19-20H2,1-12H3/q+2. The van der Waals surface area contributed by atoms with Crippen molar-refractivity contribution in [2.24, 2.45) is 0 Å². The summed E-state index contributed by atoms with van der Waals surface area (Å²) in [5.74, 6) is 1.94. The average Bonchev–Trinajstić information content (AvgIpc) is 2.57. The van der Waals surface area contributed by atoms with Crippen LogP contribution in [0.25, 0.3) is 0 Å². The Bertz CT molecular complexity index is 890. The number of hydrogen-bond donors (Lipinski definition) is 0. The number of hydrogen-bond acceptors (Lipinski definition) is 3. The second-order valence-electron chi connectivity index (χ2n) is 12.2. The van der Waals surface area contributed by atoms with Crippen LogP contribution in [-0.2, 0) is 16.5 Å². The van der Waals surface area contributed by atoms with E-state index in [-0.39, 0.29) is 0 Å².